The van der Waals surface area contributed by atoms with Gasteiger partial charge in [-0.2, -0.15) is 0 Å². The van der Waals surface area contributed by atoms with Gasteiger partial charge < -0.3 is 9.30 Å². The first-order chi connectivity index (χ1) is 9.29. The van der Waals surface area contributed by atoms with Crippen LogP contribution in [0.5, 0.6) is 0 Å². The van der Waals surface area contributed by atoms with Crippen LogP contribution in [0.2, 0.25) is 0 Å². The molecule has 0 atom stereocenters. The van der Waals surface area contributed by atoms with Crippen molar-refractivity contribution < 1.29 is 9.53 Å². The Bertz CT molecular complexity index is 719. The molecule has 0 amide bonds. The summed E-state index contributed by atoms with van der Waals surface area (Å²) in [6, 6.07) is 7.69. The zero-order valence-corrected chi connectivity index (χ0v) is 11.1. The Morgan fingerprint density at radius 1 is 1.42 bits per heavy atom. The third-order valence-electron chi connectivity index (χ3n) is 2.83. The molecule has 0 radical (unpaired) electrons. The summed E-state index contributed by atoms with van der Waals surface area (Å²) in [5.41, 5.74) is 4.26. The summed E-state index contributed by atoms with van der Waals surface area (Å²) in [5.74, 6) is 0.382. The van der Waals surface area contributed by atoms with E-state index in [1.54, 1.807) is 5.51 Å². The van der Waals surface area contributed by atoms with Crippen molar-refractivity contribution in [2.24, 2.45) is 0 Å². The van der Waals surface area contributed by atoms with Crippen LogP contribution in [-0.2, 0) is 16.1 Å². The summed E-state index contributed by atoms with van der Waals surface area (Å²) in [6.45, 7) is 0.129. The number of thiazole rings is 1. The molecule has 2 aromatic heterocycles. The van der Waals surface area contributed by atoms with Gasteiger partial charge in [0.15, 0.2) is 5.82 Å². The molecular weight excluding hydrogens is 262 g/mol. The second-order valence-corrected chi connectivity index (χ2v) is 4.68. The number of esters is 1. The molecule has 0 spiro atoms. The number of hydrogen-bond donors (Lipinski definition) is 0. The summed E-state index contributed by atoms with van der Waals surface area (Å²) in [4.78, 5) is 20.4. The van der Waals surface area contributed by atoms with Crippen molar-refractivity contribution in [2.75, 3.05) is 7.11 Å². The Morgan fingerprint density at radius 2 is 2.26 bits per heavy atom. The summed E-state index contributed by atoms with van der Waals surface area (Å²) < 4.78 is 6.57. The number of fused-ring (bicyclic) bond motifs is 1. The minimum absolute atomic E-state index is 0.129. The first kappa shape index (κ1) is 11.9. The van der Waals surface area contributed by atoms with E-state index in [2.05, 4.69) is 9.97 Å². The van der Waals surface area contributed by atoms with Gasteiger partial charge in [0.25, 0.3) is 0 Å². The van der Waals surface area contributed by atoms with Crippen LogP contribution in [0.1, 0.15) is 0 Å². The molecule has 19 heavy (non-hydrogen) atoms. The van der Waals surface area contributed by atoms with Crippen LogP contribution in [0, 0.1) is 0 Å². The summed E-state index contributed by atoms with van der Waals surface area (Å²) in [6.07, 6.45) is 0. The Balaban J connectivity index is 2.19. The first-order valence-electron chi connectivity index (χ1n) is 5.70. The van der Waals surface area contributed by atoms with Crippen LogP contribution in [-0.4, -0.2) is 27.6 Å². The van der Waals surface area contributed by atoms with Gasteiger partial charge in [0.2, 0.25) is 0 Å². The Kier molecular flexibility index (Phi) is 3.00. The smallest absolute Gasteiger partial charge is 0.325 e. The fourth-order valence-electron chi connectivity index (χ4n) is 1.95. The number of aromatic nitrogens is 3. The maximum absolute atomic E-state index is 11.6. The number of nitrogens with zero attached hydrogens (tertiary/aromatic N) is 3. The van der Waals surface area contributed by atoms with E-state index in [1.165, 1.54) is 18.4 Å². The van der Waals surface area contributed by atoms with Crippen LogP contribution < -0.4 is 0 Å². The molecule has 1 aromatic carbocycles. The molecule has 0 unspecified atom stereocenters. The van der Waals surface area contributed by atoms with E-state index in [4.69, 9.17) is 4.74 Å². The van der Waals surface area contributed by atoms with E-state index in [9.17, 15) is 4.79 Å². The van der Waals surface area contributed by atoms with Gasteiger partial charge in [-0.05, 0) is 12.1 Å². The highest BCUT2D eigenvalue weighted by atomic mass is 32.1. The van der Waals surface area contributed by atoms with Gasteiger partial charge in [0.1, 0.15) is 12.2 Å². The van der Waals surface area contributed by atoms with E-state index in [-0.39, 0.29) is 12.5 Å². The summed E-state index contributed by atoms with van der Waals surface area (Å²) in [7, 11) is 1.38. The molecule has 0 N–H and O–H groups in total. The first-order valence-corrected chi connectivity index (χ1v) is 6.64. The van der Waals surface area contributed by atoms with Crippen LogP contribution >= 0.6 is 11.3 Å². The van der Waals surface area contributed by atoms with E-state index < -0.39 is 0 Å². The average molecular weight is 273 g/mol. The summed E-state index contributed by atoms with van der Waals surface area (Å²) in [5, 5.41) is 1.91. The Morgan fingerprint density at radius 3 is 3.00 bits per heavy atom. The van der Waals surface area contributed by atoms with Crippen LogP contribution in [0.15, 0.2) is 35.2 Å². The summed E-state index contributed by atoms with van der Waals surface area (Å²) >= 11 is 1.50. The molecule has 0 aliphatic carbocycles. The molecule has 2 heterocycles. The second kappa shape index (κ2) is 4.81. The molecule has 0 saturated carbocycles. The number of para-hydroxylation sites is 2. The highest BCUT2D eigenvalue weighted by Crippen LogP contribution is 2.24. The fraction of sp³-hybridized carbons (Fsp3) is 0.154. The van der Waals surface area contributed by atoms with E-state index in [0.717, 1.165) is 16.7 Å². The lowest BCUT2D eigenvalue weighted by Crippen LogP contribution is -2.12. The van der Waals surface area contributed by atoms with Gasteiger partial charge >= 0.3 is 5.97 Å². The topological polar surface area (TPSA) is 57.0 Å². The predicted octanol–water partition coefficient (Wildman–Crippen LogP) is 2.33. The van der Waals surface area contributed by atoms with E-state index >= 15 is 0 Å². The number of imidazole rings is 1. The molecule has 3 rings (SSSR count). The number of benzene rings is 1. The number of carbonyl (C=O) groups is 1. The van der Waals surface area contributed by atoms with Gasteiger partial charge in [-0.25, -0.2) is 9.97 Å². The minimum Gasteiger partial charge on any atom is -0.468 e. The number of carbonyl (C=O) groups excluding carboxylic acids is 1. The van der Waals surface area contributed by atoms with Crippen molar-refractivity contribution in [3.63, 3.8) is 0 Å². The van der Waals surface area contributed by atoms with Crippen molar-refractivity contribution in [1.29, 1.82) is 0 Å². The molecule has 0 fully saturated rings. The highest BCUT2D eigenvalue weighted by molar-refractivity contribution is 7.07. The van der Waals surface area contributed by atoms with Crippen molar-refractivity contribution in [3.05, 3.63) is 35.2 Å². The zero-order chi connectivity index (χ0) is 13.2. The predicted molar refractivity (Wildman–Crippen MR) is 72.9 cm³/mol. The number of rotatable bonds is 3. The SMILES string of the molecule is COC(=O)Cn1c(-c2cscn2)nc2ccccc21. The van der Waals surface area contributed by atoms with Gasteiger partial charge in [-0.3, -0.25) is 4.79 Å². The molecule has 0 aliphatic rings. The standard InChI is InChI=1S/C13H11N3O2S/c1-18-12(17)6-16-11-5-3-2-4-9(11)15-13(16)10-7-19-8-14-10/h2-5,7-8H,6H2,1H3. The maximum Gasteiger partial charge on any atom is 0.325 e. The molecule has 0 aliphatic heterocycles. The van der Waals surface area contributed by atoms with Gasteiger partial charge in [0, 0.05) is 5.38 Å². The number of ether oxygens (including phenoxy) is 1. The van der Waals surface area contributed by atoms with Crippen molar-refractivity contribution in [3.8, 4) is 11.5 Å². The van der Waals surface area contributed by atoms with Gasteiger partial charge in [0.05, 0.1) is 23.7 Å². The van der Waals surface area contributed by atoms with Gasteiger partial charge in [-0.15, -0.1) is 11.3 Å². The molecule has 96 valence electrons. The largest absolute Gasteiger partial charge is 0.468 e. The van der Waals surface area contributed by atoms with Crippen LogP contribution in [0.4, 0.5) is 0 Å². The van der Waals surface area contributed by atoms with Crippen molar-refractivity contribution >= 4 is 28.3 Å². The molecule has 0 bridgehead atoms. The van der Waals surface area contributed by atoms with E-state index in [1.807, 2.05) is 34.2 Å². The second-order valence-electron chi connectivity index (χ2n) is 3.96. The third kappa shape index (κ3) is 2.10. The number of methoxy groups -OCH3 is 1. The lowest BCUT2D eigenvalue weighted by atomic mass is 10.3. The van der Waals surface area contributed by atoms with Crippen LogP contribution in [0.3, 0.4) is 0 Å². The van der Waals surface area contributed by atoms with Crippen LogP contribution in [0.25, 0.3) is 22.6 Å². The highest BCUT2D eigenvalue weighted by Gasteiger charge is 2.16. The maximum atomic E-state index is 11.6. The number of hydrogen-bond acceptors (Lipinski definition) is 5. The van der Waals surface area contributed by atoms with Crippen molar-refractivity contribution in [1.82, 2.24) is 14.5 Å². The quantitative estimate of drug-likeness (QED) is 0.687. The van der Waals surface area contributed by atoms with E-state index in [0.29, 0.717) is 5.82 Å². The van der Waals surface area contributed by atoms with Gasteiger partial charge in [-0.1, -0.05) is 12.1 Å². The Hall–Kier alpha value is -2.21. The van der Waals surface area contributed by atoms with Crippen molar-refractivity contribution in [2.45, 2.75) is 6.54 Å². The average Bonchev–Trinajstić information content (AvgIpc) is 3.06. The zero-order valence-electron chi connectivity index (χ0n) is 10.2. The lowest BCUT2D eigenvalue weighted by Gasteiger charge is -2.05. The normalized spacial score (nSPS) is 10.8. The molecular formula is C13H11N3O2S. The Labute approximate surface area is 113 Å². The third-order valence-corrected chi connectivity index (χ3v) is 3.42. The minimum atomic E-state index is -0.306. The molecule has 5 nitrogen and oxygen atoms in total. The lowest BCUT2D eigenvalue weighted by molar-refractivity contribution is -0.141. The molecule has 3 aromatic rings. The monoisotopic (exact) mass is 273 g/mol. The fourth-order valence-corrected chi connectivity index (χ4v) is 2.48. The molecule has 6 heteroatoms. The molecule has 0 saturated heterocycles.